The fourth-order valence-electron chi connectivity index (χ4n) is 0.876. The van der Waals surface area contributed by atoms with Gasteiger partial charge < -0.3 is 0 Å². The summed E-state index contributed by atoms with van der Waals surface area (Å²) in [7, 11) is 0. The fraction of sp³-hybridized carbons (Fsp3) is 0.889. The molecule has 0 atom stereocenters. The molecular formula is C9H19S. The fourth-order valence-corrected chi connectivity index (χ4v) is 2.05. The summed E-state index contributed by atoms with van der Waals surface area (Å²) in [5.41, 5.74) is 0. The van der Waals surface area contributed by atoms with E-state index in [1.807, 2.05) is 11.8 Å². The molecule has 0 saturated heterocycles. The molecule has 0 fully saturated rings. The van der Waals surface area contributed by atoms with Gasteiger partial charge >= 0.3 is 0 Å². The first-order chi connectivity index (χ1) is 4.85. The predicted octanol–water partition coefficient (Wildman–Crippen LogP) is 3.38. The van der Waals surface area contributed by atoms with Gasteiger partial charge in [-0.15, -0.1) is 0 Å². The average Bonchev–Trinajstić information content (AvgIpc) is 1.99. The van der Waals surface area contributed by atoms with Crippen molar-refractivity contribution in [1.29, 1.82) is 0 Å². The van der Waals surface area contributed by atoms with E-state index in [4.69, 9.17) is 0 Å². The van der Waals surface area contributed by atoms with Gasteiger partial charge in [0.2, 0.25) is 0 Å². The highest BCUT2D eigenvalue weighted by Gasteiger charge is 2.01. The molecule has 10 heavy (non-hydrogen) atoms. The maximum atomic E-state index is 3.81. The summed E-state index contributed by atoms with van der Waals surface area (Å²) in [5.74, 6) is 3.51. The molecule has 0 aliphatic carbocycles. The summed E-state index contributed by atoms with van der Waals surface area (Å²) < 4.78 is 0. The minimum Gasteiger partial charge on any atom is -0.162 e. The standard InChI is InChI=1S/C9H19S/c1-4-7-10-8-9(5-2)6-3/h9H,1,4-8H2,2-3H3. The van der Waals surface area contributed by atoms with Crippen LogP contribution in [0.2, 0.25) is 0 Å². The van der Waals surface area contributed by atoms with Gasteiger partial charge in [0.25, 0.3) is 0 Å². The third-order valence-corrected chi connectivity index (χ3v) is 3.08. The first kappa shape index (κ1) is 10.3. The van der Waals surface area contributed by atoms with Crippen LogP contribution in [0.5, 0.6) is 0 Å². The zero-order valence-electron chi connectivity index (χ0n) is 7.23. The molecule has 61 valence electrons. The van der Waals surface area contributed by atoms with Crippen molar-refractivity contribution in [2.75, 3.05) is 11.5 Å². The molecule has 0 saturated carbocycles. The van der Waals surface area contributed by atoms with Crippen LogP contribution in [0.3, 0.4) is 0 Å². The van der Waals surface area contributed by atoms with Gasteiger partial charge in [-0.05, 0) is 23.8 Å². The van der Waals surface area contributed by atoms with E-state index in [9.17, 15) is 0 Å². The van der Waals surface area contributed by atoms with E-state index in [2.05, 4.69) is 20.8 Å². The van der Waals surface area contributed by atoms with Gasteiger partial charge in [-0.3, -0.25) is 0 Å². The smallest absolute Gasteiger partial charge is 0.00393 e. The van der Waals surface area contributed by atoms with Gasteiger partial charge in [-0.1, -0.05) is 33.6 Å². The van der Waals surface area contributed by atoms with Crippen molar-refractivity contribution < 1.29 is 0 Å². The van der Waals surface area contributed by atoms with Gasteiger partial charge in [0.1, 0.15) is 0 Å². The molecule has 0 bridgehead atoms. The Morgan fingerprint density at radius 3 is 2.30 bits per heavy atom. The van der Waals surface area contributed by atoms with Crippen molar-refractivity contribution in [2.24, 2.45) is 5.92 Å². The highest BCUT2D eigenvalue weighted by Crippen LogP contribution is 2.15. The molecule has 0 aliphatic heterocycles. The van der Waals surface area contributed by atoms with Crippen LogP contribution >= 0.6 is 11.8 Å². The molecule has 0 aromatic heterocycles. The highest BCUT2D eigenvalue weighted by atomic mass is 32.2. The molecule has 0 aromatic rings. The van der Waals surface area contributed by atoms with Gasteiger partial charge in [-0.25, -0.2) is 0 Å². The van der Waals surface area contributed by atoms with Gasteiger partial charge in [0.15, 0.2) is 0 Å². The summed E-state index contributed by atoms with van der Waals surface area (Å²) in [6, 6.07) is 0. The van der Waals surface area contributed by atoms with E-state index in [0.717, 1.165) is 12.3 Å². The van der Waals surface area contributed by atoms with Crippen molar-refractivity contribution in [3.05, 3.63) is 6.92 Å². The van der Waals surface area contributed by atoms with Crippen LogP contribution in [0.4, 0.5) is 0 Å². The van der Waals surface area contributed by atoms with Gasteiger partial charge in [0, 0.05) is 0 Å². The molecule has 0 amide bonds. The van der Waals surface area contributed by atoms with Crippen LogP contribution < -0.4 is 0 Å². The van der Waals surface area contributed by atoms with Crippen molar-refractivity contribution in [3.63, 3.8) is 0 Å². The van der Waals surface area contributed by atoms with E-state index < -0.39 is 0 Å². The molecule has 0 aliphatic rings. The lowest BCUT2D eigenvalue weighted by molar-refractivity contribution is 0.554. The molecule has 0 nitrogen and oxygen atoms in total. The maximum Gasteiger partial charge on any atom is -0.00393 e. The number of hydrogen-bond acceptors (Lipinski definition) is 1. The second kappa shape index (κ2) is 7.46. The summed E-state index contributed by atoms with van der Waals surface area (Å²) >= 11 is 2.05. The SMILES string of the molecule is [CH2]CCSCC(CC)CC. The second-order valence-corrected chi connectivity index (χ2v) is 3.76. The predicted molar refractivity (Wildman–Crippen MR) is 51.4 cm³/mol. The summed E-state index contributed by atoms with van der Waals surface area (Å²) in [4.78, 5) is 0. The Labute approximate surface area is 69.8 Å². The molecule has 1 radical (unpaired) electrons. The second-order valence-electron chi connectivity index (χ2n) is 2.61. The summed E-state index contributed by atoms with van der Waals surface area (Å²) in [5, 5.41) is 0. The third-order valence-electron chi connectivity index (χ3n) is 1.80. The Balaban J connectivity index is 3.09. The number of hydrogen-bond donors (Lipinski definition) is 0. The first-order valence-electron chi connectivity index (χ1n) is 4.22. The lowest BCUT2D eigenvalue weighted by Gasteiger charge is -2.10. The van der Waals surface area contributed by atoms with E-state index in [-0.39, 0.29) is 0 Å². The van der Waals surface area contributed by atoms with Crippen LogP contribution in [0.1, 0.15) is 33.1 Å². The maximum absolute atomic E-state index is 3.81. The van der Waals surface area contributed by atoms with Crippen molar-refractivity contribution >= 4 is 11.8 Å². The molecule has 1 heteroatoms. The minimum atomic E-state index is 0.941. The quantitative estimate of drug-likeness (QED) is 0.535. The van der Waals surface area contributed by atoms with Crippen molar-refractivity contribution in [2.45, 2.75) is 33.1 Å². The van der Waals surface area contributed by atoms with Crippen molar-refractivity contribution in [1.82, 2.24) is 0 Å². The van der Waals surface area contributed by atoms with E-state index in [1.54, 1.807) is 0 Å². The number of rotatable bonds is 6. The molecule has 0 spiro atoms. The summed E-state index contributed by atoms with van der Waals surface area (Å²) in [6.07, 6.45) is 3.74. The first-order valence-corrected chi connectivity index (χ1v) is 5.37. The highest BCUT2D eigenvalue weighted by molar-refractivity contribution is 7.99. The van der Waals surface area contributed by atoms with Crippen LogP contribution in [0.15, 0.2) is 0 Å². The van der Waals surface area contributed by atoms with Crippen molar-refractivity contribution in [3.8, 4) is 0 Å². The Morgan fingerprint density at radius 2 is 1.90 bits per heavy atom. The van der Waals surface area contributed by atoms with Gasteiger partial charge in [0.05, 0.1) is 0 Å². The lowest BCUT2D eigenvalue weighted by Crippen LogP contribution is -2.00. The topological polar surface area (TPSA) is 0 Å². The van der Waals surface area contributed by atoms with E-state index >= 15 is 0 Å². The molecular weight excluding hydrogens is 140 g/mol. The summed E-state index contributed by atoms with van der Waals surface area (Å²) in [6.45, 7) is 8.37. The molecule has 0 unspecified atom stereocenters. The van der Waals surface area contributed by atoms with Crippen LogP contribution in [0.25, 0.3) is 0 Å². The lowest BCUT2D eigenvalue weighted by atomic mass is 10.1. The van der Waals surface area contributed by atoms with Crippen LogP contribution in [0, 0.1) is 12.8 Å². The van der Waals surface area contributed by atoms with Gasteiger partial charge in [-0.2, -0.15) is 11.8 Å². The van der Waals surface area contributed by atoms with Crippen LogP contribution in [-0.4, -0.2) is 11.5 Å². The Bertz CT molecular complexity index is 57.7. The molecule has 0 rings (SSSR count). The van der Waals surface area contributed by atoms with E-state index in [1.165, 1.54) is 24.3 Å². The average molecular weight is 159 g/mol. The Morgan fingerprint density at radius 1 is 1.30 bits per heavy atom. The Kier molecular flexibility index (Phi) is 7.72. The number of thioether (sulfide) groups is 1. The largest absolute Gasteiger partial charge is 0.162 e. The van der Waals surface area contributed by atoms with E-state index in [0.29, 0.717) is 0 Å². The molecule has 0 heterocycles. The zero-order valence-corrected chi connectivity index (χ0v) is 8.04. The molecule has 0 aromatic carbocycles. The zero-order chi connectivity index (χ0) is 7.82. The van der Waals surface area contributed by atoms with Crippen LogP contribution in [-0.2, 0) is 0 Å². The third kappa shape index (κ3) is 5.16. The minimum absolute atomic E-state index is 0.941. The molecule has 0 N–H and O–H groups in total. The Hall–Kier alpha value is 0.350. The normalized spacial score (nSPS) is 10.8. The monoisotopic (exact) mass is 159 g/mol.